The van der Waals surface area contributed by atoms with E-state index in [1.165, 1.54) is 5.56 Å². The van der Waals surface area contributed by atoms with E-state index in [1.807, 2.05) is 6.07 Å². The topological polar surface area (TPSA) is 38.7 Å². The maximum absolute atomic E-state index is 10.3. The normalized spacial score (nSPS) is 26.4. The summed E-state index contributed by atoms with van der Waals surface area (Å²) in [5, 5.41) is 10.3. The number of fused-ring (bicyclic) bond motifs is 3. The van der Waals surface area contributed by atoms with Crippen molar-refractivity contribution in [3.8, 4) is 11.5 Å². The second kappa shape index (κ2) is 4.74. The van der Waals surface area contributed by atoms with Crippen LogP contribution in [0, 0.1) is 0 Å². The lowest BCUT2D eigenvalue weighted by molar-refractivity contribution is 0.145. The molecule has 0 radical (unpaired) electrons. The number of rotatable bonds is 0. The Morgan fingerprint density at radius 2 is 2.00 bits per heavy atom. The Labute approximate surface area is 115 Å². The van der Waals surface area contributed by atoms with Gasteiger partial charge in [-0.05, 0) is 30.4 Å². The Balaban J connectivity index is 2.21. The van der Waals surface area contributed by atoms with E-state index in [4.69, 9.17) is 9.47 Å². The van der Waals surface area contributed by atoms with Crippen LogP contribution >= 0.6 is 15.9 Å². The average Bonchev–Trinajstić information content (AvgIpc) is 2.58. The van der Waals surface area contributed by atoms with Crippen LogP contribution in [-0.2, 0) is 0 Å². The number of aliphatic hydroxyl groups is 1. The Hall–Kier alpha value is -0.740. The molecule has 1 aliphatic carbocycles. The zero-order valence-electron chi connectivity index (χ0n) is 10.4. The minimum absolute atomic E-state index is 0.440. The van der Waals surface area contributed by atoms with Gasteiger partial charge in [-0.15, -0.1) is 0 Å². The third-order valence-corrected chi connectivity index (χ3v) is 4.42. The van der Waals surface area contributed by atoms with Gasteiger partial charge in [-0.2, -0.15) is 0 Å². The molecular weight excluding hydrogens is 296 g/mol. The molecule has 0 bridgehead atoms. The van der Waals surface area contributed by atoms with Gasteiger partial charge in [0.25, 0.3) is 0 Å². The molecule has 0 aromatic heterocycles. The number of halogens is 1. The van der Waals surface area contributed by atoms with Crippen LogP contribution in [0.5, 0.6) is 11.5 Å². The predicted octanol–water partition coefficient (Wildman–Crippen LogP) is 3.54. The summed E-state index contributed by atoms with van der Waals surface area (Å²) in [6.45, 7) is 3.52. The molecule has 3 nitrogen and oxygen atoms in total. The monoisotopic (exact) mass is 312 g/mol. The summed E-state index contributed by atoms with van der Waals surface area (Å²) >= 11 is 3.61. The van der Waals surface area contributed by atoms with E-state index in [9.17, 15) is 5.11 Å². The van der Waals surface area contributed by atoms with Gasteiger partial charge in [0.1, 0.15) is 0 Å². The molecule has 0 fully saturated rings. The van der Waals surface area contributed by atoms with Crippen molar-refractivity contribution < 1.29 is 14.6 Å². The number of hydrogen-bond donors (Lipinski definition) is 1. The SMILES string of the molecule is CC1CCC(O)c2c3c(cc(Br)c21)OCCCO3. The Morgan fingerprint density at radius 1 is 1.22 bits per heavy atom. The van der Waals surface area contributed by atoms with Crippen LogP contribution in [0.25, 0.3) is 0 Å². The van der Waals surface area contributed by atoms with Gasteiger partial charge in [0, 0.05) is 16.5 Å². The molecule has 2 aliphatic rings. The van der Waals surface area contributed by atoms with Crippen molar-refractivity contribution in [3.05, 3.63) is 21.7 Å². The summed E-state index contributed by atoms with van der Waals surface area (Å²) in [5.41, 5.74) is 2.11. The van der Waals surface area contributed by atoms with Gasteiger partial charge >= 0.3 is 0 Å². The molecule has 1 aromatic carbocycles. The van der Waals surface area contributed by atoms with E-state index >= 15 is 0 Å². The summed E-state index contributed by atoms with van der Waals surface area (Å²) in [6.07, 6.45) is 2.24. The summed E-state index contributed by atoms with van der Waals surface area (Å²) in [7, 11) is 0. The molecule has 0 saturated heterocycles. The van der Waals surface area contributed by atoms with Crippen LogP contribution in [0.2, 0.25) is 0 Å². The maximum Gasteiger partial charge on any atom is 0.167 e. The molecule has 3 rings (SSSR count). The predicted molar refractivity (Wildman–Crippen MR) is 72.4 cm³/mol. The standard InChI is InChI=1S/C14H17BrO3/c1-8-3-4-10(16)13-12(8)9(15)7-11-14(13)18-6-2-5-17-11/h7-8,10,16H,2-6H2,1H3. The first-order valence-corrected chi connectivity index (χ1v) is 7.27. The highest BCUT2D eigenvalue weighted by Gasteiger charge is 2.31. The van der Waals surface area contributed by atoms with E-state index in [1.54, 1.807) is 0 Å². The van der Waals surface area contributed by atoms with Crippen molar-refractivity contribution in [1.82, 2.24) is 0 Å². The second-order valence-corrected chi connectivity index (χ2v) is 5.91. The Kier molecular flexibility index (Phi) is 3.24. The molecule has 1 N–H and O–H groups in total. The van der Waals surface area contributed by atoms with Crippen LogP contribution in [0.15, 0.2) is 10.5 Å². The van der Waals surface area contributed by atoms with Crippen molar-refractivity contribution >= 4 is 15.9 Å². The van der Waals surface area contributed by atoms with E-state index < -0.39 is 6.10 Å². The molecule has 4 heteroatoms. The van der Waals surface area contributed by atoms with Gasteiger partial charge in [-0.1, -0.05) is 22.9 Å². The Bertz CT molecular complexity index is 473. The number of benzene rings is 1. The highest BCUT2D eigenvalue weighted by atomic mass is 79.9. The molecule has 1 heterocycles. The van der Waals surface area contributed by atoms with Gasteiger partial charge < -0.3 is 14.6 Å². The maximum atomic E-state index is 10.3. The van der Waals surface area contributed by atoms with Crippen molar-refractivity contribution in [2.24, 2.45) is 0 Å². The smallest absolute Gasteiger partial charge is 0.167 e. The zero-order chi connectivity index (χ0) is 12.7. The quantitative estimate of drug-likeness (QED) is 0.796. The van der Waals surface area contributed by atoms with Gasteiger partial charge in [0.2, 0.25) is 0 Å². The van der Waals surface area contributed by atoms with Gasteiger partial charge in [0.05, 0.1) is 19.3 Å². The van der Waals surface area contributed by atoms with Crippen molar-refractivity contribution in [2.75, 3.05) is 13.2 Å². The molecule has 2 atom stereocenters. The van der Waals surface area contributed by atoms with Crippen LogP contribution in [0.3, 0.4) is 0 Å². The third kappa shape index (κ3) is 1.91. The summed E-state index contributed by atoms with van der Waals surface area (Å²) in [5.74, 6) is 1.95. The molecule has 0 spiro atoms. The fraction of sp³-hybridized carbons (Fsp3) is 0.571. The van der Waals surface area contributed by atoms with E-state index in [0.29, 0.717) is 19.1 Å². The van der Waals surface area contributed by atoms with Gasteiger partial charge in [-0.25, -0.2) is 0 Å². The van der Waals surface area contributed by atoms with Crippen molar-refractivity contribution in [1.29, 1.82) is 0 Å². The number of hydrogen-bond acceptors (Lipinski definition) is 3. The van der Waals surface area contributed by atoms with Crippen molar-refractivity contribution in [2.45, 2.75) is 38.2 Å². The number of ether oxygens (including phenoxy) is 2. The zero-order valence-corrected chi connectivity index (χ0v) is 12.0. The molecule has 1 aromatic rings. The molecule has 1 aliphatic heterocycles. The fourth-order valence-electron chi connectivity index (χ4n) is 2.84. The summed E-state index contributed by atoms with van der Waals surface area (Å²) < 4.78 is 12.5. The van der Waals surface area contributed by atoms with E-state index in [2.05, 4.69) is 22.9 Å². The largest absolute Gasteiger partial charge is 0.490 e. The first kappa shape index (κ1) is 12.3. The van der Waals surface area contributed by atoms with Crippen LogP contribution in [-0.4, -0.2) is 18.3 Å². The van der Waals surface area contributed by atoms with E-state index in [0.717, 1.165) is 40.8 Å². The first-order valence-electron chi connectivity index (χ1n) is 6.48. The highest BCUT2D eigenvalue weighted by Crippen LogP contribution is 2.50. The molecule has 98 valence electrons. The summed E-state index contributed by atoms with van der Waals surface area (Å²) in [4.78, 5) is 0. The lowest BCUT2D eigenvalue weighted by atomic mass is 9.81. The molecule has 2 unspecified atom stereocenters. The van der Waals surface area contributed by atoms with Gasteiger partial charge in [-0.3, -0.25) is 0 Å². The minimum Gasteiger partial charge on any atom is -0.490 e. The fourth-order valence-corrected chi connectivity index (χ4v) is 3.65. The molecule has 0 amide bonds. The van der Waals surface area contributed by atoms with Crippen LogP contribution in [0.1, 0.15) is 49.3 Å². The first-order chi connectivity index (χ1) is 8.68. The van der Waals surface area contributed by atoms with Crippen LogP contribution in [0.4, 0.5) is 0 Å². The molecule has 0 saturated carbocycles. The van der Waals surface area contributed by atoms with Gasteiger partial charge in [0.15, 0.2) is 11.5 Å². The summed E-state index contributed by atoms with van der Waals surface area (Å²) in [6, 6.07) is 1.98. The lowest BCUT2D eigenvalue weighted by Crippen LogP contribution is -2.15. The minimum atomic E-state index is -0.441. The van der Waals surface area contributed by atoms with Crippen molar-refractivity contribution in [3.63, 3.8) is 0 Å². The number of aliphatic hydroxyl groups excluding tert-OH is 1. The molecular formula is C14H17BrO3. The average molecular weight is 313 g/mol. The molecule has 18 heavy (non-hydrogen) atoms. The van der Waals surface area contributed by atoms with Crippen LogP contribution < -0.4 is 9.47 Å². The second-order valence-electron chi connectivity index (χ2n) is 5.06. The Morgan fingerprint density at radius 3 is 2.83 bits per heavy atom. The highest BCUT2D eigenvalue weighted by molar-refractivity contribution is 9.10. The lowest BCUT2D eigenvalue weighted by Gasteiger charge is -2.30. The third-order valence-electron chi connectivity index (χ3n) is 3.77. The van der Waals surface area contributed by atoms with E-state index in [-0.39, 0.29) is 0 Å².